The van der Waals surface area contributed by atoms with E-state index in [1.807, 2.05) is 0 Å². The number of aliphatic imine (C=N–C) groups is 1. The number of hydrogen-bond acceptors (Lipinski definition) is 5. The van der Waals surface area contributed by atoms with Gasteiger partial charge >= 0.3 is 0 Å². The molecule has 0 radical (unpaired) electrons. The van der Waals surface area contributed by atoms with Gasteiger partial charge in [0.15, 0.2) is 12.4 Å². The zero-order chi connectivity index (χ0) is 10.8. The number of alkyl halides is 1. The molecule has 2 N–H and O–H groups in total. The Balaban J connectivity index is 2.04. The maximum atomic E-state index is 13.6. The highest BCUT2D eigenvalue weighted by atomic mass is 19.1. The van der Waals surface area contributed by atoms with Gasteiger partial charge in [-0.05, 0) is 6.08 Å². The molecule has 2 heterocycles. The third kappa shape index (κ3) is 1.88. The molecule has 0 spiro atoms. The number of aliphatic hydroxyl groups is 2. The van der Waals surface area contributed by atoms with Crippen LogP contribution in [0.5, 0.6) is 0 Å². The summed E-state index contributed by atoms with van der Waals surface area (Å²) in [6, 6.07) is 0. The fourth-order valence-corrected chi connectivity index (χ4v) is 1.68. The average molecular weight is 216 g/mol. The summed E-state index contributed by atoms with van der Waals surface area (Å²) in [4.78, 5) is 5.48. The van der Waals surface area contributed by atoms with Crippen LogP contribution in [0, 0.1) is 0 Å². The van der Waals surface area contributed by atoms with Crippen molar-refractivity contribution in [1.29, 1.82) is 0 Å². The van der Waals surface area contributed by atoms with Crippen molar-refractivity contribution in [2.45, 2.75) is 24.6 Å². The molecule has 0 bridgehead atoms. The van der Waals surface area contributed by atoms with Crippen molar-refractivity contribution in [2.75, 3.05) is 13.3 Å². The fourth-order valence-electron chi connectivity index (χ4n) is 1.68. The summed E-state index contributed by atoms with van der Waals surface area (Å²) in [6.07, 6.45) is 0.391. The van der Waals surface area contributed by atoms with Crippen LogP contribution in [0.1, 0.15) is 0 Å². The summed E-state index contributed by atoms with van der Waals surface area (Å²) >= 11 is 0. The van der Waals surface area contributed by atoms with E-state index in [4.69, 9.17) is 9.84 Å². The van der Waals surface area contributed by atoms with E-state index >= 15 is 0 Å². The Kier molecular flexibility index (Phi) is 2.99. The maximum Gasteiger partial charge on any atom is 0.173 e. The SMILES string of the molecule is OC[C@H]1O[C@@H](N2C=CC=NC2)[C@H](F)[C@@H]1O. The van der Waals surface area contributed by atoms with Crippen molar-refractivity contribution < 1.29 is 19.3 Å². The minimum atomic E-state index is -1.53. The van der Waals surface area contributed by atoms with Gasteiger partial charge in [0.05, 0.1) is 6.61 Å². The molecule has 5 nitrogen and oxygen atoms in total. The van der Waals surface area contributed by atoms with Crippen molar-refractivity contribution >= 4 is 6.21 Å². The van der Waals surface area contributed by atoms with Crippen LogP contribution in [0.3, 0.4) is 0 Å². The van der Waals surface area contributed by atoms with Crippen molar-refractivity contribution in [3.63, 3.8) is 0 Å². The van der Waals surface area contributed by atoms with Gasteiger partial charge in [-0.3, -0.25) is 4.99 Å². The molecule has 1 saturated heterocycles. The maximum absolute atomic E-state index is 13.6. The summed E-state index contributed by atoms with van der Waals surface area (Å²) in [6.45, 7) is -0.0919. The molecule has 2 rings (SSSR count). The first-order chi connectivity index (χ1) is 7.24. The van der Waals surface area contributed by atoms with E-state index in [0.29, 0.717) is 6.67 Å². The van der Waals surface area contributed by atoms with Gasteiger partial charge in [0, 0.05) is 12.4 Å². The van der Waals surface area contributed by atoms with E-state index in [0.717, 1.165) is 0 Å². The molecule has 0 unspecified atom stereocenters. The second-order valence-electron chi connectivity index (χ2n) is 3.51. The largest absolute Gasteiger partial charge is 0.394 e. The highest BCUT2D eigenvalue weighted by Crippen LogP contribution is 2.27. The van der Waals surface area contributed by atoms with Crippen molar-refractivity contribution in [1.82, 2.24) is 4.90 Å². The molecule has 0 aromatic rings. The predicted molar refractivity (Wildman–Crippen MR) is 51.0 cm³/mol. The summed E-state index contributed by atoms with van der Waals surface area (Å²) in [5.41, 5.74) is 0. The summed E-state index contributed by atoms with van der Waals surface area (Å²) in [5, 5.41) is 18.3. The number of ether oxygens (including phenoxy) is 1. The van der Waals surface area contributed by atoms with Gasteiger partial charge in [-0.25, -0.2) is 4.39 Å². The Labute approximate surface area is 86.5 Å². The van der Waals surface area contributed by atoms with Crippen LogP contribution in [0.15, 0.2) is 17.3 Å². The van der Waals surface area contributed by atoms with Gasteiger partial charge in [0.1, 0.15) is 18.9 Å². The Morgan fingerprint density at radius 3 is 2.93 bits per heavy atom. The molecule has 0 aromatic carbocycles. The van der Waals surface area contributed by atoms with Crippen LogP contribution in [0.2, 0.25) is 0 Å². The Bertz CT molecular complexity index is 285. The van der Waals surface area contributed by atoms with Gasteiger partial charge in [-0.1, -0.05) is 0 Å². The van der Waals surface area contributed by atoms with E-state index in [-0.39, 0.29) is 6.61 Å². The molecule has 15 heavy (non-hydrogen) atoms. The minimum absolute atomic E-state index is 0.298. The molecule has 0 amide bonds. The van der Waals surface area contributed by atoms with E-state index in [1.165, 1.54) is 0 Å². The zero-order valence-electron chi connectivity index (χ0n) is 8.03. The zero-order valence-corrected chi connectivity index (χ0v) is 8.03. The second-order valence-corrected chi connectivity index (χ2v) is 3.51. The summed E-state index contributed by atoms with van der Waals surface area (Å²) < 4.78 is 18.8. The van der Waals surface area contributed by atoms with Crippen molar-refractivity contribution in [2.24, 2.45) is 4.99 Å². The molecular weight excluding hydrogens is 203 g/mol. The third-order valence-electron chi connectivity index (χ3n) is 2.51. The lowest BCUT2D eigenvalue weighted by molar-refractivity contribution is -0.0701. The normalized spacial score (nSPS) is 40.1. The van der Waals surface area contributed by atoms with E-state index in [1.54, 1.807) is 23.4 Å². The smallest absolute Gasteiger partial charge is 0.173 e. The molecule has 0 aliphatic carbocycles. The highest BCUT2D eigenvalue weighted by molar-refractivity contribution is 5.71. The van der Waals surface area contributed by atoms with Crippen molar-refractivity contribution in [3.8, 4) is 0 Å². The Hall–Kier alpha value is -0.980. The molecular formula is C9H13FN2O3. The average Bonchev–Trinajstić information content (AvgIpc) is 2.57. The van der Waals surface area contributed by atoms with Gasteiger partial charge < -0.3 is 19.8 Å². The van der Waals surface area contributed by atoms with Crippen molar-refractivity contribution in [3.05, 3.63) is 12.3 Å². The van der Waals surface area contributed by atoms with Crippen LogP contribution in [-0.4, -0.2) is 59.2 Å². The molecule has 4 atom stereocenters. The standard InChI is InChI=1S/C9H13FN2O3/c10-7-8(14)6(4-13)15-9(7)12-3-1-2-11-5-12/h1-3,6-9,13-14H,4-5H2/t6-,7-,8-,9-/m1/s1. The Morgan fingerprint density at radius 1 is 1.60 bits per heavy atom. The lowest BCUT2D eigenvalue weighted by Crippen LogP contribution is -2.39. The van der Waals surface area contributed by atoms with E-state index < -0.39 is 24.6 Å². The first kappa shape index (κ1) is 10.5. The first-order valence-electron chi connectivity index (χ1n) is 4.75. The van der Waals surface area contributed by atoms with Gasteiger partial charge in [-0.2, -0.15) is 0 Å². The molecule has 0 saturated carbocycles. The van der Waals surface area contributed by atoms with Gasteiger partial charge in [0.2, 0.25) is 0 Å². The molecule has 0 aromatic heterocycles. The fraction of sp³-hybridized carbons (Fsp3) is 0.667. The lowest BCUT2D eigenvalue weighted by atomic mass is 10.1. The van der Waals surface area contributed by atoms with E-state index in [9.17, 15) is 9.50 Å². The van der Waals surface area contributed by atoms with Crippen LogP contribution in [0.25, 0.3) is 0 Å². The predicted octanol–water partition coefficient (Wildman–Crippen LogP) is -0.740. The van der Waals surface area contributed by atoms with Crippen LogP contribution < -0.4 is 0 Å². The molecule has 6 heteroatoms. The second kappa shape index (κ2) is 4.26. The number of rotatable bonds is 2. The number of aliphatic hydroxyl groups excluding tert-OH is 2. The molecule has 84 valence electrons. The minimum Gasteiger partial charge on any atom is -0.394 e. The quantitative estimate of drug-likeness (QED) is 0.638. The number of halogens is 1. The number of allylic oxidation sites excluding steroid dienone is 1. The monoisotopic (exact) mass is 216 g/mol. The molecule has 2 aliphatic heterocycles. The third-order valence-corrected chi connectivity index (χ3v) is 2.51. The summed E-state index contributed by atoms with van der Waals surface area (Å²) in [7, 11) is 0. The molecule has 1 fully saturated rings. The van der Waals surface area contributed by atoms with Gasteiger partial charge in [-0.15, -0.1) is 0 Å². The van der Waals surface area contributed by atoms with Gasteiger partial charge in [0.25, 0.3) is 0 Å². The summed E-state index contributed by atoms with van der Waals surface area (Å²) in [5.74, 6) is 0. The first-order valence-corrected chi connectivity index (χ1v) is 4.75. The van der Waals surface area contributed by atoms with Crippen LogP contribution in [-0.2, 0) is 4.74 Å². The van der Waals surface area contributed by atoms with Crippen LogP contribution in [0.4, 0.5) is 4.39 Å². The van der Waals surface area contributed by atoms with Crippen LogP contribution >= 0.6 is 0 Å². The van der Waals surface area contributed by atoms with E-state index in [2.05, 4.69) is 4.99 Å². The number of hydrogen-bond donors (Lipinski definition) is 2. The highest BCUT2D eigenvalue weighted by Gasteiger charge is 2.46. The topological polar surface area (TPSA) is 65.3 Å². The Morgan fingerprint density at radius 2 is 2.40 bits per heavy atom. The number of nitrogens with zero attached hydrogens (tertiary/aromatic N) is 2. The lowest BCUT2D eigenvalue weighted by Gasteiger charge is -2.27. The molecule has 2 aliphatic rings.